The fourth-order valence-corrected chi connectivity index (χ4v) is 3.08. The molecule has 0 unspecified atom stereocenters. The van der Waals surface area contributed by atoms with E-state index in [2.05, 4.69) is 13.2 Å². The Hall–Kier alpha value is -2.24. The first kappa shape index (κ1) is 26.8. The normalized spacial score (nSPS) is 26.7. The van der Waals surface area contributed by atoms with Gasteiger partial charge in [-0.05, 0) is 12.8 Å². The molecule has 6 heteroatoms. The van der Waals surface area contributed by atoms with Crippen molar-refractivity contribution in [2.75, 3.05) is 0 Å². The summed E-state index contributed by atoms with van der Waals surface area (Å²) in [5, 5.41) is 0. The van der Waals surface area contributed by atoms with Crippen LogP contribution in [-0.4, -0.2) is 35.7 Å². The zero-order valence-corrected chi connectivity index (χ0v) is 17.7. The lowest BCUT2D eigenvalue weighted by atomic mass is 9.84. The highest BCUT2D eigenvalue weighted by atomic mass is 16.6. The standard InChI is InChI=1S/2C11H16O3.CH4/c2*1-5-6-7-8(12)9(11(2,3)4)14-10(7)13;/h2*5,7,9H,1,6H2,2-4H3;1H4/t7-,9+;7-,9-;/m01./s1. The van der Waals surface area contributed by atoms with E-state index in [0.717, 1.165) is 0 Å². The van der Waals surface area contributed by atoms with Crippen molar-refractivity contribution in [1.82, 2.24) is 0 Å². The minimum atomic E-state index is -0.628. The summed E-state index contributed by atoms with van der Waals surface area (Å²) < 4.78 is 10.1. The maximum absolute atomic E-state index is 11.8. The van der Waals surface area contributed by atoms with Gasteiger partial charge >= 0.3 is 11.9 Å². The lowest BCUT2D eigenvalue weighted by Crippen LogP contribution is -2.33. The molecule has 0 N–H and O–H groups in total. The molecule has 0 aromatic carbocycles. The van der Waals surface area contributed by atoms with E-state index < -0.39 is 36.0 Å². The average Bonchev–Trinajstić information content (AvgIpc) is 3.00. The molecule has 0 amide bonds. The second-order valence-corrected chi connectivity index (χ2v) is 9.32. The van der Waals surface area contributed by atoms with Gasteiger partial charge in [-0.15, -0.1) is 13.2 Å². The maximum Gasteiger partial charge on any atom is 0.317 e. The van der Waals surface area contributed by atoms with E-state index in [1.54, 1.807) is 12.2 Å². The topological polar surface area (TPSA) is 86.7 Å². The number of carbonyl (C=O) groups is 4. The fraction of sp³-hybridized carbons (Fsp3) is 0.652. The Labute approximate surface area is 174 Å². The van der Waals surface area contributed by atoms with E-state index in [1.807, 2.05) is 41.5 Å². The predicted octanol–water partition coefficient (Wildman–Crippen LogP) is 4.07. The number of allylic oxidation sites excluding steroid dienone is 2. The molecule has 0 spiro atoms. The second-order valence-electron chi connectivity index (χ2n) is 9.32. The van der Waals surface area contributed by atoms with Gasteiger partial charge in [0.2, 0.25) is 0 Å². The molecule has 0 aromatic rings. The quantitative estimate of drug-likeness (QED) is 0.396. The van der Waals surface area contributed by atoms with Crippen molar-refractivity contribution in [3.8, 4) is 0 Å². The molecule has 164 valence electrons. The highest BCUT2D eigenvalue weighted by Gasteiger charge is 2.48. The Balaban J connectivity index is 0.000000523. The third kappa shape index (κ3) is 6.38. The van der Waals surface area contributed by atoms with Gasteiger partial charge in [0.05, 0.1) is 0 Å². The number of Topliss-reactive ketones (excluding diaryl/α,β-unsaturated/α-hetero) is 2. The average molecular weight is 409 g/mol. The molecular weight excluding hydrogens is 372 g/mol. The third-order valence-electron chi connectivity index (χ3n) is 4.62. The van der Waals surface area contributed by atoms with Gasteiger partial charge in [0.25, 0.3) is 0 Å². The van der Waals surface area contributed by atoms with Crippen LogP contribution >= 0.6 is 0 Å². The molecule has 2 aliphatic heterocycles. The lowest BCUT2D eigenvalue weighted by Gasteiger charge is -2.23. The molecule has 0 aliphatic carbocycles. The van der Waals surface area contributed by atoms with E-state index in [1.165, 1.54) is 0 Å². The van der Waals surface area contributed by atoms with Crippen LogP contribution in [0.25, 0.3) is 0 Å². The minimum Gasteiger partial charge on any atom is -0.453 e. The first-order chi connectivity index (χ1) is 12.8. The van der Waals surface area contributed by atoms with Gasteiger partial charge in [-0.1, -0.05) is 61.1 Å². The summed E-state index contributed by atoms with van der Waals surface area (Å²) in [5.74, 6) is -2.29. The first-order valence-corrected chi connectivity index (χ1v) is 9.46. The summed E-state index contributed by atoms with van der Waals surface area (Å²) >= 11 is 0. The number of ether oxygens (including phenoxy) is 2. The Kier molecular flexibility index (Phi) is 9.22. The number of ketones is 2. The van der Waals surface area contributed by atoms with Crippen molar-refractivity contribution in [1.29, 1.82) is 0 Å². The van der Waals surface area contributed by atoms with Crippen LogP contribution in [0, 0.1) is 22.7 Å². The summed E-state index contributed by atoms with van der Waals surface area (Å²) in [6.45, 7) is 18.4. The number of esters is 2. The number of hydrogen-bond donors (Lipinski definition) is 0. The Morgan fingerprint density at radius 2 is 1.00 bits per heavy atom. The largest absolute Gasteiger partial charge is 0.453 e. The molecule has 6 nitrogen and oxygen atoms in total. The molecule has 29 heavy (non-hydrogen) atoms. The summed E-state index contributed by atoms with van der Waals surface area (Å²) in [7, 11) is 0. The molecule has 0 aromatic heterocycles. The van der Waals surface area contributed by atoms with Gasteiger partial charge in [-0.2, -0.15) is 0 Å². The fourth-order valence-electron chi connectivity index (χ4n) is 3.08. The smallest absolute Gasteiger partial charge is 0.317 e. The maximum atomic E-state index is 11.8. The van der Waals surface area contributed by atoms with Crippen molar-refractivity contribution in [3.63, 3.8) is 0 Å². The third-order valence-corrected chi connectivity index (χ3v) is 4.62. The van der Waals surface area contributed by atoms with Crippen molar-refractivity contribution in [2.45, 2.75) is 74.0 Å². The van der Waals surface area contributed by atoms with E-state index in [9.17, 15) is 19.2 Å². The second kappa shape index (κ2) is 9.99. The number of rotatable bonds is 4. The van der Waals surface area contributed by atoms with Crippen LogP contribution in [0.3, 0.4) is 0 Å². The summed E-state index contributed by atoms with van der Waals surface area (Å²) in [4.78, 5) is 46.2. The van der Waals surface area contributed by atoms with E-state index in [-0.39, 0.29) is 29.8 Å². The Bertz CT molecular complexity index is 604. The molecule has 2 heterocycles. The van der Waals surface area contributed by atoms with Crippen LogP contribution in [0.4, 0.5) is 0 Å². The van der Waals surface area contributed by atoms with Crippen molar-refractivity contribution < 1.29 is 28.7 Å². The molecule has 0 bridgehead atoms. The highest BCUT2D eigenvalue weighted by Crippen LogP contribution is 2.33. The van der Waals surface area contributed by atoms with Gasteiger partial charge in [0.15, 0.2) is 23.8 Å². The van der Waals surface area contributed by atoms with E-state index >= 15 is 0 Å². The van der Waals surface area contributed by atoms with Crippen LogP contribution in [0.15, 0.2) is 25.3 Å². The van der Waals surface area contributed by atoms with Gasteiger partial charge in [-0.25, -0.2) is 0 Å². The zero-order chi connectivity index (χ0) is 21.9. The van der Waals surface area contributed by atoms with E-state index in [4.69, 9.17) is 9.47 Å². The summed E-state index contributed by atoms with van der Waals surface area (Å²) in [6, 6.07) is 0. The molecule has 2 saturated heterocycles. The van der Waals surface area contributed by atoms with E-state index in [0.29, 0.717) is 12.8 Å². The van der Waals surface area contributed by atoms with Crippen LogP contribution in [0.5, 0.6) is 0 Å². The number of cyclic esters (lactones) is 2. The Morgan fingerprint density at radius 1 is 0.724 bits per heavy atom. The van der Waals surface area contributed by atoms with Gasteiger partial charge in [0.1, 0.15) is 11.8 Å². The van der Waals surface area contributed by atoms with Crippen LogP contribution in [0.1, 0.15) is 61.8 Å². The Morgan fingerprint density at radius 3 is 1.17 bits per heavy atom. The van der Waals surface area contributed by atoms with Gasteiger partial charge < -0.3 is 9.47 Å². The molecule has 2 rings (SSSR count). The SMILES string of the molecule is C.C=CC[C@@H]1C(=O)O[C@@H](C(C)(C)C)C1=O.C=CC[C@H]1C(=O)O[C@@H](C(C)(C)C)C1=O. The lowest BCUT2D eigenvalue weighted by molar-refractivity contribution is -0.148. The van der Waals surface area contributed by atoms with Crippen LogP contribution < -0.4 is 0 Å². The molecule has 2 fully saturated rings. The van der Waals surface area contributed by atoms with Crippen molar-refractivity contribution >= 4 is 23.5 Å². The first-order valence-electron chi connectivity index (χ1n) is 9.46. The van der Waals surface area contributed by atoms with Crippen LogP contribution in [0.2, 0.25) is 0 Å². The minimum absolute atomic E-state index is 0. The highest BCUT2D eigenvalue weighted by molar-refractivity contribution is 6.07. The number of carbonyl (C=O) groups excluding carboxylic acids is 4. The predicted molar refractivity (Wildman–Crippen MR) is 112 cm³/mol. The van der Waals surface area contributed by atoms with Crippen LogP contribution in [-0.2, 0) is 28.7 Å². The molecule has 0 saturated carbocycles. The monoisotopic (exact) mass is 408 g/mol. The summed E-state index contributed by atoms with van der Waals surface area (Å²) in [6.07, 6.45) is 2.72. The van der Waals surface area contributed by atoms with Gasteiger partial charge in [-0.3, -0.25) is 19.2 Å². The van der Waals surface area contributed by atoms with Gasteiger partial charge in [0, 0.05) is 10.8 Å². The molecule has 2 aliphatic rings. The zero-order valence-electron chi connectivity index (χ0n) is 17.7. The molecular formula is C23H36O6. The molecule has 0 radical (unpaired) electrons. The summed E-state index contributed by atoms with van der Waals surface area (Å²) in [5.41, 5.74) is -0.634. The number of hydrogen-bond acceptors (Lipinski definition) is 6. The molecule has 4 atom stereocenters. The van der Waals surface area contributed by atoms with Crippen molar-refractivity contribution in [2.24, 2.45) is 22.7 Å². The van der Waals surface area contributed by atoms with Crippen molar-refractivity contribution in [3.05, 3.63) is 25.3 Å².